The van der Waals surface area contributed by atoms with Crippen molar-refractivity contribution in [2.45, 2.75) is 77.6 Å². The Balaban J connectivity index is 4.02. The molecular weight excluding hydrogens is 320 g/mol. The Morgan fingerprint density at radius 1 is 0.826 bits per heavy atom. The van der Waals surface area contributed by atoms with E-state index in [-0.39, 0.29) is 6.42 Å². The smallest absolute Gasteiger partial charge is 0.348 e. The summed E-state index contributed by atoms with van der Waals surface area (Å²) >= 11 is 0. The predicted molar refractivity (Wildman–Crippen MR) is 89.1 cm³/mol. The minimum Gasteiger partial charge on any atom is -0.481 e. The highest BCUT2D eigenvalue weighted by atomic mass is 32.2. The molecule has 0 rings (SSSR count). The molecule has 1 unspecified atom stereocenters. The van der Waals surface area contributed by atoms with Crippen LogP contribution in [-0.2, 0) is 19.9 Å². The number of aliphatic carboxylic acids is 2. The van der Waals surface area contributed by atoms with Crippen LogP contribution in [-0.4, -0.2) is 35.4 Å². The number of rotatable bonds is 14. The Kier molecular flexibility index (Phi) is 12.3. The third-order valence-corrected chi connectivity index (χ3v) is 4.67. The van der Waals surface area contributed by atoms with E-state index in [2.05, 4.69) is 6.92 Å². The quantitative estimate of drug-likeness (QED) is 0.369. The standard InChI is InChI=1S/C16H28O6S/c1-2-3-4-5-6-7-8-9-10-11-12-13(15(17)18)14(16(19)20)23(21)22/h13H,2-12H2,1H3,(H,17,18)(H,19,20). The Hall–Kier alpha value is -1.37. The second-order valence-electron chi connectivity index (χ2n) is 5.77. The fraction of sp³-hybridized carbons (Fsp3) is 0.812. The van der Waals surface area contributed by atoms with Crippen molar-refractivity contribution in [3.8, 4) is 0 Å². The van der Waals surface area contributed by atoms with Crippen molar-refractivity contribution in [2.75, 3.05) is 0 Å². The Morgan fingerprint density at radius 3 is 1.61 bits per heavy atom. The van der Waals surface area contributed by atoms with E-state index in [1.165, 1.54) is 32.1 Å². The molecule has 1 atom stereocenters. The molecule has 0 aromatic heterocycles. The fourth-order valence-electron chi connectivity index (χ4n) is 2.54. The van der Waals surface area contributed by atoms with Crippen molar-refractivity contribution in [2.24, 2.45) is 5.92 Å². The van der Waals surface area contributed by atoms with E-state index in [0.717, 1.165) is 25.7 Å². The third kappa shape index (κ3) is 10.1. The lowest BCUT2D eigenvalue weighted by Crippen LogP contribution is -2.31. The highest BCUT2D eigenvalue weighted by Crippen LogP contribution is 2.15. The van der Waals surface area contributed by atoms with Gasteiger partial charge < -0.3 is 10.2 Å². The zero-order valence-electron chi connectivity index (χ0n) is 13.8. The van der Waals surface area contributed by atoms with Gasteiger partial charge in [-0.1, -0.05) is 71.1 Å². The van der Waals surface area contributed by atoms with Crippen molar-refractivity contribution < 1.29 is 28.2 Å². The molecule has 0 radical (unpaired) electrons. The van der Waals surface area contributed by atoms with Crippen LogP contribution in [0.25, 0.3) is 0 Å². The van der Waals surface area contributed by atoms with Crippen molar-refractivity contribution in [3.05, 3.63) is 0 Å². The van der Waals surface area contributed by atoms with Gasteiger partial charge in [-0.25, -0.2) is 4.79 Å². The summed E-state index contributed by atoms with van der Waals surface area (Å²) in [5, 5.41) is 17.9. The Labute approximate surface area is 139 Å². The number of hydrogen-bond donors (Lipinski definition) is 2. The predicted octanol–water partition coefficient (Wildman–Crippen LogP) is 3.13. The molecule has 2 N–H and O–H groups in total. The van der Waals surface area contributed by atoms with Crippen molar-refractivity contribution in [1.82, 2.24) is 0 Å². The summed E-state index contributed by atoms with van der Waals surface area (Å²) in [5.41, 5.74) is 0. The molecule has 23 heavy (non-hydrogen) atoms. The second kappa shape index (κ2) is 13.1. The molecular formula is C16H28O6S. The average Bonchev–Trinajstić information content (AvgIpc) is 2.46. The monoisotopic (exact) mass is 348 g/mol. The molecule has 0 saturated heterocycles. The zero-order chi connectivity index (χ0) is 17.7. The fourth-order valence-corrected chi connectivity index (χ4v) is 3.13. The van der Waals surface area contributed by atoms with Gasteiger partial charge >= 0.3 is 11.9 Å². The van der Waals surface area contributed by atoms with Gasteiger partial charge in [0, 0.05) is 0 Å². The van der Waals surface area contributed by atoms with Crippen LogP contribution in [0.5, 0.6) is 0 Å². The molecule has 6 nitrogen and oxygen atoms in total. The van der Waals surface area contributed by atoms with Gasteiger partial charge in [0.25, 0.3) is 0 Å². The van der Waals surface area contributed by atoms with Crippen LogP contribution in [0.3, 0.4) is 0 Å². The molecule has 0 spiro atoms. The van der Waals surface area contributed by atoms with E-state index in [0.29, 0.717) is 6.42 Å². The van der Waals surface area contributed by atoms with Gasteiger partial charge in [0.15, 0.2) is 4.86 Å². The SMILES string of the molecule is CCCCCCCCCCCCC(C(=O)O)C(C(=O)O)=S(=O)=O. The minimum absolute atomic E-state index is 0.0431. The lowest BCUT2D eigenvalue weighted by Gasteiger charge is -2.10. The summed E-state index contributed by atoms with van der Waals surface area (Å²) in [5.74, 6) is -4.54. The van der Waals surface area contributed by atoms with Gasteiger partial charge in [0.1, 0.15) is 5.92 Å². The normalized spacial score (nSPS) is 11.9. The number of unbranched alkanes of at least 4 members (excludes halogenated alkanes) is 9. The maximum Gasteiger partial charge on any atom is 0.348 e. The van der Waals surface area contributed by atoms with E-state index >= 15 is 0 Å². The first-order valence-electron chi connectivity index (χ1n) is 8.34. The summed E-state index contributed by atoms with van der Waals surface area (Å²) in [6.07, 6.45) is 10.8. The molecule has 0 aliphatic rings. The topological polar surface area (TPSA) is 109 Å². The van der Waals surface area contributed by atoms with Crippen molar-refractivity contribution in [1.29, 1.82) is 0 Å². The summed E-state index contributed by atoms with van der Waals surface area (Å²) in [4.78, 5) is 21.0. The molecule has 0 bridgehead atoms. The van der Waals surface area contributed by atoms with Crippen LogP contribution in [0.1, 0.15) is 77.6 Å². The zero-order valence-corrected chi connectivity index (χ0v) is 14.6. The highest BCUT2D eigenvalue weighted by molar-refractivity contribution is 7.74. The molecule has 7 heteroatoms. The molecule has 0 fully saturated rings. The number of hydrogen-bond acceptors (Lipinski definition) is 4. The minimum atomic E-state index is -3.01. The lowest BCUT2D eigenvalue weighted by atomic mass is 9.97. The van der Waals surface area contributed by atoms with Crippen LogP contribution in [0, 0.1) is 5.92 Å². The maximum atomic E-state index is 11.1. The number of carbonyl (C=O) groups is 2. The Morgan fingerprint density at radius 2 is 1.26 bits per heavy atom. The van der Waals surface area contributed by atoms with Crippen LogP contribution in [0.15, 0.2) is 0 Å². The summed E-state index contributed by atoms with van der Waals surface area (Å²) in [6.45, 7) is 2.18. The summed E-state index contributed by atoms with van der Waals surface area (Å²) in [7, 11) is -3.01. The van der Waals surface area contributed by atoms with E-state index in [1.807, 2.05) is 0 Å². The molecule has 0 aliphatic heterocycles. The van der Waals surface area contributed by atoms with Crippen LogP contribution in [0.2, 0.25) is 0 Å². The van der Waals surface area contributed by atoms with E-state index < -0.39 is 33.0 Å². The van der Waals surface area contributed by atoms with Gasteiger partial charge in [-0.15, -0.1) is 0 Å². The van der Waals surface area contributed by atoms with Gasteiger partial charge in [-0.05, 0) is 6.42 Å². The maximum absolute atomic E-state index is 11.1. The summed E-state index contributed by atoms with van der Waals surface area (Å²) in [6, 6.07) is 0. The molecule has 0 amide bonds. The first-order chi connectivity index (χ1) is 10.9. The molecule has 0 heterocycles. The molecule has 0 saturated carbocycles. The second-order valence-corrected chi connectivity index (χ2v) is 6.67. The van der Waals surface area contributed by atoms with E-state index in [1.54, 1.807) is 0 Å². The Bertz CT molecular complexity index is 487. The van der Waals surface area contributed by atoms with Crippen LogP contribution >= 0.6 is 0 Å². The van der Waals surface area contributed by atoms with Crippen molar-refractivity contribution >= 4 is 27.1 Å². The molecule has 0 aromatic rings. The summed E-state index contributed by atoms with van der Waals surface area (Å²) < 4.78 is 21.8. The third-order valence-electron chi connectivity index (χ3n) is 3.85. The molecule has 0 aliphatic carbocycles. The van der Waals surface area contributed by atoms with Crippen LogP contribution < -0.4 is 0 Å². The first kappa shape index (κ1) is 21.6. The number of carboxylic acids is 2. The van der Waals surface area contributed by atoms with E-state index in [4.69, 9.17) is 10.2 Å². The van der Waals surface area contributed by atoms with Gasteiger partial charge in [-0.3, -0.25) is 4.79 Å². The molecule has 134 valence electrons. The van der Waals surface area contributed by atoms with Crippen LogP contribution in [0.4, 0.5) is 0 Å². The first-order valence-corrected chi connectivity index (χ1v) is 9.41. The van der Waals surface area contributed by atoms with Gasteiger partial charge in [-0.2, -0.15) is 8.42 Å². The van der Waals surface area contributed by atoms with Gasteiger partial charge in [0.05, 0.1) is 0 Å². The average molecular weight is 348 g/mol. The lowest BCUT2D eigenvalue weighted by molar-refractivity contribution is -0.141. The molecule has 0 aromatic carbocycles. The van der Waals surface area contributed by atoms with Gasteiger partial charge in [0.2, 0.25) is 10.3 Å². The number of carboxylic acid groups (broad SMARTS) is 2. The highest BCUT2D eigenvalue weighted by Gasteiger charge is 2.30. The van der Waals surface area contributed by atoms with Crippen molar-refractivity contribution in [3.63, 3.8) is 0 Å². The largest absolute Gasteiger partial charge is 0.481 e. The van der Waals surface area contributed by atoms with E-state index in [9.17, 15) is 18.0 Å².